The van der Waals surface area contributed by atoms with Gasteiger partial charge in [-0.1, -0.05) is 37.1 Å². The van der Waals surface area contributed by atoms with Crippen LogP contribution in [0.2, 0.25) is 5.02 Å². The van der Waals surface area contributed by atoms with Crippen molar-refractivity contribution >= 4 is 17.4 Å². The van der Waals surface area contributed by atoms with Gasteiger partial charge in [0.25, 0.3) is 0 Å². The van der Waals surface area contributed by atoms with E-state index in [1.807, 2.05) is 12.1 Å². The Hall–Kier alpha value is -1.06. The van der Waals surface area contributed by atoms with Gasteiger partial charge >= 0.3 is 0 Å². The van der Waals surface area contributed by atoms with Crippen molar-refractivity contribution in [3.63, 3.8) is 0 Å². The lowest BCUT2D eigenvalue weighted by molar-refractivity contribution is 0.175. The lowest BCUT2D eigenvalue weighted by atomic mass is 9.94. The van der Waals surface area contributed by atoms with Crippen LogP contribution in [0.3, 0.4) is 0 Å². The standard InChI is InChI=1S/C15H22ClN3/c1-2-11-5-7-19(8-6-11)10-13-4-3-12(15(17)18)9-14(13)16/h3-4,9,11H,2,5-8,10H2,1H3,(H3,17,18). The second kappa shape index (κ2) is 6.40. The van der Waals surface area contributed by atoms with E-state index in [0.717, 1.165) is 31.1 Å². The van der Waals surface area contributed by atoms with Crippen LogP contribution in [-0.4, -0.2) is 23.8 Å². The summed E-state index contributed by atoms with van der Waals surface area (Å²) in [6.07, 6.45) is 3.88. The normalized spacial score (nSPS) is 17.6. The van der Waals surface area contributed by atoms with Gasteiger partial charge < -0.3 is 5.73 Å². The molecule has 0 atom stereocenters. The van der Waals surface area contributed by atoms with Gasteiger partial charge in [0.1, 0.15) is 5.84 Å². The molecule has 0 aromatic heterocycles. The summed E-state index contributed by atoms with van der Waals surface area (Å²) in [6.45, 7) is 5.48. The number of nitrogens with one attached hydrogen (secondary N) is 1. The smallest absolute Gasteiger partial charge is 0.122 e. The van der Waals surface area contributed by atoms with Gasteiger partial charge in [0.05, 0.1) is 0 Å². The Kier molecular flexibility index (Phi) is 4.83. The van der Waals surface area contributed by atoms with Crippen LogP contribution in [-0.2, 0) is 6.54 Å². The first-order valence-corrected chi connectivity index (χ1v) is 7.33. The highest BCUT2D eigenvalue weighted by Crippen LogP contribution is 2.24. The zero-order chi connectivity index (χ0) is 13.8. The van der Waals surface area contributed by atoms with Crippen molar-refractivity contribution in [2.45, 2.75) is 32.7 Å². The molecule has 1 fully saturated rings. The SMILES string of the molecule is CCC1CCN(Cc2ccc(C(=N)N)cc2Cl)CC1. The van der Waals surface area contributed by atoms with Gasteiger partial charge in [-0.05, 0) is 43.5 Å². The highest BCUT2D eigenvalue weighted by Gasteiger charge is 2.18. The van der Waals surface area contributed by atoms with Gasteiger partial charge in [-0.25, -0.2) is 0 Å². The molecule has 104 valence electrons. The summed E-state index contributed by atoms with van der Waals surface area (Å²) < 4.78 is 0. The summed E-state index contributed by atoms with van der Waals surface area (Å²) in [5.41, 5.74) is 7.28. The molecule has 1 aromatic rings. The number of likely N-dealkylation sites (tertiary alicyclic amines) is 1. The van der Waals surface area contributed by atoms with Gasteiger partial charge in [0.15, 0.2) is 0 Å². The number of benzene rings is 1. The molecular weight excluding hydrogens is 258 g/mol. The molecule has 0 saturated carbocycles. The van der Waals surface area contributed by atoms with Crippen LogP contribution in [0.1, 0.15) is 37.3 Å². The van der Waals surface area contributed by atoms with Gasteiger partial charge in [0.2, 0.25) is 0 Å². The first-order valence-electron chi connectivity index (χ1n) is 6.95. The van der Waals surface area contributed by atoms with Crippen LogP contribution in [0.25, 0.3) is 0 Å². The summed E-state index contributed by atoms with van der Waals surface area (Å²) in [5, 5.41) is 8.12. The molecule has 0 spiro atoms. The predicted molar refractivity (Wildman–Crippen MR) is 80.8 cm³/mol. The highest BCUT2D eigenvalue weighted by atomic mass is 35.5. The second-order valence-electron chi connectivity index (χ2n) is 5.35. The lowest BCUT2D eigenvalue weighted by Crippen LogP contribution is -2.33. The van der Waals surface area contributed by atoms with E-state index in [2.05, 4.69) is 11.8 Å². The van der Waals surface area contributed by atoms with Crippen LogP contribution in [0.4, 0.5) is 0 Å². The molecule has 1 aliphatic heterocycles. The van der Waals surface area contributed by atoms with E-state index in [-0.39, 0.29) is 5.84 Å². The summed E-state index contributed by atoms with van der Waals surface area (Å²) in [7, 11) is 0. The van der Waals surface area contributed by atoms with Crippen LogP contribution in [0, 0.1) is 11.3 Å². The van der Waals surface area contributed by atoms with E-state index < -0.39 is 0 Å². The van der Waals surface area contributed by atoms with Crippen molar-refractivity contribution in [2.75, 3.05) is 13.1 Å². The van der Waals surface area contributed by atoms with Gasteiger partial charge in [-0.3, -0.25) is 10.3 Å². The fourth-order valence-corrected chi connectivity index (χ4v) is 2.88. The van der Waals surface area contributed by atoms with Crippen molar-refractivity contribution in [1.82, 2.24) is 4.90 Å². The number of amidine groups is 1. The monoisotopic (exact) mass is 279 g/mol. The van der Waals surface area contributed by atoms with Crippen LogP contribution in [0.5, 0.6) is 0 Å². The van der Waals surface area contributed by atoms with Crippen molar-refractivity contribution in [1.29, 1.82) is 5.41 Å². The summed E-state index contributed by atoms with van der Waals surface area (Å²) in [5.74, 6) is 0.962. The molecule has 1 saturated heterocycles. The fourth-order valence-electron chi connectivity index (χ4n) is 2.64. The lowest BCUT2D eigenvalue weighted by Gasteiger charge is -2.31. The number of halogens is 1. The number of piperidine rings is 1. The van der Waals surface area contributed by atoms with E-state index >= 15 is 0 Å². The largest absolute Gasteiger partial charge is 0.384 e. The molecule has 0 bridgehead atoms. The van der Waals surface area contributed by atoms with E-state index in [0.29, 0.717) is 10.6 Å². The van der Waals surface area contributed by atoms with Crippen molar-refractivity contribution in [3.05, 3.63) is 34.3 Å². The molecule has 0 amide bonds. The molecule has 2 rings (SSSR count). The minimum Gasteiger partial charge on any atom is -0.384 e. The molecular formula is C15H22ClN3. The third kappa shape index (κ3) is 3.71. The first kappa shape index (κ1) is 14.4. The van der Waals surface area contributed by atoms with Crippen molar-refractivity contribution in [3.8, 4) is 0 Å². The quantitative estimate of drug-likeness (QED) is 0.657. The zero-order valence-corrected chi connectivity index (χ0v) is 12.2. The van der Waals surface area contributed by atoms with Crippen LogP contribution < -0.4 is 5.73 Å². The van der Waals surface area contributed by atoms with E-state index in [9.17, 15) is 0 Å². The number of rotatable bonds is 4. The molecule has 0 radical (unpaired) electrons. The Morgan fingerprint density at radius 3 is 2.63 bits per heavy atom. The van der Waals surface area contributed by atoms with Gasteiger partial charge in [-0.15, -0.1) is 0 Å². The minimum absolute atomic E-state index is 0.0669. The average molecular weight is 280 g/mol. The maximum Gasteiger partial charge on any atom is 0.122 e. The maximum absolute atomic E-state index is 7.41. The van der Waals surface area contributed by atoms with Crippen molar-refractivity contribution in [2.24, 2.45) is 11.7 Å². The molecule has 1 aliphatic rings. The van der Waals surface area contributed by atoms with E-state index in [1.165, 1.54) is 19.3 Å². The summed E-state index contributed by atoms with van der Waals surface area (Å²) >= 11 is 6.27. The van der Waals surface area contributed by atoms with Crippen LogP contribution in [0.15, 0.2) is 18.2 Å². The summed E-state index contributed by atoms with van der Waals surface area (Å²) in [4.78, 5) is 2.46. The molecule has 19 heavy (non-hydrogen) atoms. The Morgan fingerprint density at radius 1 is 1.42 bits per heavy atom. The number of nitrogens with two attached hydrogens (primary N) is 1. The molecule has 0 unspecified atom stereocenters. The van der Waals surface area contributed by atoms with Crippen molar-refractivity contribution < 1.29 is 0 Å². The molecule has 1 aromatic carbocycles. The highest BCUT2D eigenvalue weighted by molar-refractivity contribution is 6.31. The van der Waals surface area contributed by atoms with Crippen LogP contribution >= 0.6 is 11.6 Å². The predicted octanol–water partition coefficient (Wildman–Crippen LogP) is 3.25. The third-order valence-corrected chi connectivity index (χ3v) is 4.39. The average Bonchev–Trinajstić information content (AvgIpc) is 2.41. The number of hydrogen-bond donors (Lipinski definition) is 2. The third-order valence-electron chi connectivity index (χ3n) is 4.04. The van der Waals surface area contributed by atoms with E-state index in [1.54, 1.807) is 6.07 Å². The maximum atomic E-state index is 7.41. The Labute approximate surface area is 120 Å². The Morgan fingerprint density at radius 2 is 2.11 bits per heavy atom. The number of nitrogen functional groups attached to an aromatic ring is 1. The molecule has 3 nitrogen and oxygen atoms in total. The minimum atomic E-state index is 0.0669. The molecule has 4 heteroatoms. The fraction of sp³-hybridized carbons (Fsp3) is 0.533. The second-order valence-corrected chi connectivity index (χ2v) is 5.75. The number of nitrogens with zero attached hydrogens (tertiary/aromatic N) is 1. The molecule has 1 heterocycles. The van der Waals surface area contributed by atoms with E-state index in [4.69, 9.17) is 22.7 Å². The Bertz CT molecular complexity index is 451. The topological polar surface area (TPSA) is 53.1 Å². The van der Waals surface area contributed by atoms with Gasteiger partial charge in [-0.2, -0.15) is 0 Å². The summed E-state index contributed by atoms with van der Waals surface area (Å²) in [6, 6.07) is 5.66. The first-order chi connectivity index (χ1) is 9.10. The number of hydrogen-bond acceptors (Lipinski definition) is 2. The molecule has 0 aliphatic carbocycles. The van der Waals surface area contributed by atoms with Gasteiger partial charge in [0, 0.05) is 17.1 Å². The Balaban J connectivity index is 1.98. The zero-order valence-electron chi connectivity index (χ0n) is 11.5. The molecule has 3 N–H and O–H groups in total.